The summed E-state index contributed by atoms with van der Waals surface area (Å²) in [5, 5.41) is 0. The Morgan fingerprint density at radius 2 is 2.07 bits per heavy atom. The van der Waals surface area contributed by atoms with Crippen LogP contribution in [-0.2, 0) is 10.2 Å². The van der Waals surface area contributed by atoms with Gasteiger partial charge in [0.05, 0.1) is 16.8 Å². The quantitative estimate of drug-likeness (QED) is 0.665. The van der Waals surface area contributed by atoms with Crippen molar-refractivity contribution in [2.24, 2.45) is 0 Å². The van der Waals surface area contributed by atoms with Crippen molar-refractivity contribution in [1.29, 1.82) is 0 Å². The van der Waals surface area contributed by atoms with Crippen LogP contribution >= 0.6 is 15.9 Å². The van der Waals surface area contributed by atoms with E-state index in [0.717, 1.165) is 16.0 Å². The molecule has 0 aliphatic carbocycles. The van der Waals surface area contributed by atoms with Crippen LogP contribution in [0.2, 0.25) is 0 Å². The van der Waals surface area contributed by atoms with Crippen molar-refractivity contribution in [3.8, 4) is 0 Å². The lowest BCUT2D eigenvalue weighted by Crippen LogP contribution is -2.33. The number of hydrogen-bond acceptors (Lipinski definition) is 2. The standard InChI is InChI=1S/C10H11BrN2O/c1-10(2)8-6(13(3)9(10)14)4-5-7(11)12-8/h4-5H,1-3H3. The number of rotatable bonds is 0. The van der Waals surface area contributed by atoms with Gasteiger partial charge in [0.15, 0.2) is 0 Å². The van der Waals surface area contributed by atoms with Crippen molar-refractivity contribution in [2.75, 3.05) is 11.9 Å². The monoisotopic (exact) mass is 254 g/mol. The maximum atomic E-state index is 11.9. The summed E-state index contributed by atoms with van der Waals surface area (Å²) < 4.78 is 0.771. The van der Waals surface area contributed by atoms with Crippen LogP contribution in [0, 0.1) is 0 Å². The predicted molar refractivity (Wildman–Crippen MR) is 58.4 cm³/mol. The molecule has 0 radical (unpaired) electrons. The van der Waals surface area contributed by atoms with Crippen LogP contribution in [0.25, 0.3) is 0 Å². The Morgan fingerprint density at radius 3 is 2.71 bits per heavy atom. The lowest BCUT2D eigenvalue weighted by molar-refractivity contribution is -0.121. The first kappa shape index (κ1) is 9.65. The summed E-state index contributed by atoms with van der Waals surface area (Å²) in [6.45, 7) is 3.80. The van der Waals surface area contributed by atoms with Gasteiger partial charge in [-0.2, -0.15) is 0 Å². The second-order valence-electron chi connectivity index (χ2n) is 3.99. The number of hydrogen-bond donors (Lipinski definition) is 0. The molecule has 0 bridgehead atoms. The molecule has 0 saturated heterocycles. The molecule has 74 valence electrons. The van der Waals surface area contributed by atoms with Crippen LogP contribution < -0.4 is 4.90 Å². The van der Waals surface area contributed by atoms with E-state index in [1.807, 2.05) is 26.0 Å². The molecule has 0 N–H and O–H groups in total. The Balaban J connectivity index is 2.69. The van der Waals surface area contributed by atoms with Gasteiger partial charge in [-0.1, -0.05) is 0 Å². The molecule has 1 aliphatic heterocycles. The van der Waals surface area contributed by atoms with Crippen molar-refractivity contribution in [1.82, 2.24) is 4.98 Å². The lowest BCUT2D eigenvalue weighted by Gasteiger charge is -2.15. The Morgan fingerprint density at radius 1 is 1.43 bits per heavy atom. The SMILES string of the molecule is CN1C(=O)C(C)(C)c2nc(Br)ccc21. The number of aromatic nitrogens is 1. The highest BCUT2D eigenvalue weighted by atomic mass is 79.9. The number of carbonyl (C=O) groups excluding carboxylic acids is 1. The van der Waals surface area contributed by atoms with Gasteiger partial charge in [-0.05, 0) is 41.9 Å². The molecule has 0 fully saturated rings. The van der Waals surface area contributed by atoms with E-state index in [9.17, 15) is 4.79 Å². The number of anilines is 1. The average molecular weight is 255 g/mol. The molecule has 3 nitrogen and oxygen atoms in total. The number of pyridine rings is 1. The molecule has 1 aromatic rings. The van der Waals surface area contributed by atoms with Crippen LogP contribution in [0.1, 0.15) is 19.5 Å². The molecule has 1 amide bonds. The molecule has 0 saturated carbocycles. The summed E-state index contributed by atoms with van der Waals surface area (Å²) in [6, 6.07) is 3.77. The zero-order valence-electron chi connectivity index (χ0n) is 8.34. The van der Waals surface area contributed by atoms with E-state index < -0.39 is 5.41 Å². The first-order valence-electron chi connectivity index (χ1n) is 4.40. The van der Waals surface area contributed by atoms with Gasteiger partial charge in [0, 0.05) is 7.05 Å². The summed E-state index contributed by atoms with van der Waals surface area (Å²) in [7, 11) is 1.78. The Kier molecular flexibility index (Phi) is 1.93. The molecule has 4 heteroatoms. The highest BCUT2D eigenvalue weighted by Crippen LogP contribution is 2.39. The smallest absolute Gasteiger partial charge is 0.238 e. The summed E-state index contributed by atoms with van der Waals surface area (Å²) in [5.41, 5.74) is 1.25. The maximum absolute atomic E-state index is 11.9. The molecule has 0 unspecified atom stereocenters. The van der Waals surface area contributed by atoms with Gasteiger partial charge >= 0.3 is 0 Å². The normalized spacial score (nSPS) is 18.6. The summed E-state index contributed by atoms with van der Waals surface area (Å²) in [6.07, 6.45) is 0. The third-order valence-corrected chi connectivity index (χ3v) is 3.07. The van der Waals surface area contributed by atoms with Crippen LogP contribution in [0.3, 0.4) is 0 Å². The Bertz CT molecular complexity index is 415. The average Bonchev–Trinajstić information content (AvgIpc) is 2.29. The summed E-state index contributed by atoms with van der Waals surface area (Å²) >= 11 is 3.32. The number of fused-ring (bicyclic) bond motifs is 1. The maximum Gasteiger partial charge on any atom is 0.238 e. The molecule has 2 heterocycles. The fraction of sp³-hybridized carbons (Fsp3) is 0.400. The molecule has 0 atom stereocenters. The summed E-state index contributed by atoms with van der Waals surface area (Å²) in [5.74, 6) is 0.0955. The number of likely N-dealkylation sites (N-methyl/N-ethyl adjacent to an activating group) is 1. The van der Waals surface area contributed by atoms with Crippen LogP contribution in [0.4, 0.5) is 5.69 Å². The lowest BCUT2D eigenvalue weighted by atomic mass is 9.90. The highest BCUT2D eigenvalue weighted by molar-refractivity contribution is 9.10. The van der Waals surface area contributed by atoms with E-state index in [1.54, 1.807) is 11.9 Å². The van der Waals surface area contributed by atoms with Gasteiger partial charge < -0.3 is 4.90 Å². The van der Waals surface area contributed by atoms with Crippen molar-refractivity contribution in [2.45, 2.75) is 19.3 Å². The van der Waals surface area contributed by atoms with Crippen molar-refractivity contribution < 1.29 is 4.79 Å². The van der Waals surface area contributed by atoms with Gasteiger partial charge in [-0.3, -0.25) is 4.79 Å². The third kappa shape index (κ3) is 1.10. The van der Waals surface area contributed by atoms with Gasteiger partial charge in [0.25, 0.3) is 0 Å². The van der Waals surface area contributed by atoms with Gasteiger partial charge in [0.1, 0.15) is 4.60 Å². The zero-order valence-corrected chi connectivity index (χ0v) is 9.92. The summed E-state index contributed by atoms with van der Waals surface area (Å²) in [4.78, 5) is 17.9. The minimum atomic E-state index is -0.506. The first-order valence-corrected chi connectivity index (χ1v) is 5.19. The minimum absolute atomic E-state index is 0.0955. The molecule has 2 rings (SSSR count). The number of amides is 1. The van der Waals surface area contributed by atoms with E-state index >= 15 is 0 Å². The van der Waals surface area contributed by atoms with Crippen LogP contribution in [0.15, 0.2) is 16.7 Å². The fourth-order valence-corrected chi connectivity index (χ4v) is 2.10. The first-order chi connectivity index (χ1) is 6.44. The Hall–Kier alpha value is -0.900. The third-order valence-electron chi connectivity index (χ3n) is 2.63. The van der Waals surface area contributed by atoms with Crippen molar-refractivity contribution >= 4 is 27.5 Å². The minimum Gasteiger partial charge on any atom is -0.313 e. The zero-order chi connectivity index (χ0) is 10.5. The number of carbonyl (C=O) groups is 1. The molecule has 0 aromatic carbocycles. The molecular weight excluding hydrogens is 244 g/mol. The van der Waals surface area contributed by atoms with Crippen molar-refractivity contribution in [3.05, 3.63) is 22.4 Å². The van der Waals surface area contributed by atoms with Gasteiger partial charge in [0.2, 0.25) is 5.91 Å². The largest absolute Gasteiger partial charge is 0.313 e. The van der Waals surface area contributed by atoms with Crippen molar-refractivity contribution in [3.63, 3.8) is 0 Å². The second-order valence-corrected chi connectivity index (χ2v) is 4.80. The fourth-order valence-electron chi connectivity index (χ4n) is 1.79. The molecular formula is C10H11BrN2O. The van der Waals surface area contributed by atoms with Gasteiger partial charge in [-0.25, -0.2) is 4.98 Å². The molecule has 1 aliphatic rings. The van der Waals surface area contributed by atoms with E-state index in [4.69, 9.17) is 0 Å². The van der Waals surface area contributed by atoms with E-state index in [2.05, 4.69) is 20.9 Å². The Labute approximate surface area is 91.3 Å². The topological polar surface area (TPSA) is 33.2 Å². The number of halogens is 1. The number of nitrogens with zero attached hydrogens (tertiary/aromatic N) is 2. The van der Waals surface area contributed by atoms with E-state index in [0.29, 0.717) is 0 Å². The van der Waals surface area contributed by atoms with Crippen LogP contribution in [0.5, 0.6) is 0 Å². The highest BCUT2D eigenvalue weighted by Gasteiger charge is 2.43. The molecule has 1 aromatic heterocycles. The molecule has 14 heavy (non-hydrogen) atoms. The predicted octanol–water partition coefficient (Wildman–Crippen LogP) is 2.10. The van der Waals surface area contributed by atoms with Crippen LogP contribution in [-0.4, -0.2) is 17.9 Å². The van der Waals surface area contributed by atoms with E-state index in [1.165, 1.54) is 0 Å². The molecule has 0 spiro atoms. The van der Waals surface area contributed by atoms with E-state index in [-0.39, 0.29) is 5.91 Å². The van der Waals surface area contributed by atoms with Gasteiger partial charge in [-0.15, -0.1) is 0 Å². The second kappa shape index (κ2) is 2.79.